The van der Waals surface area contributed by atoms with Crippen LogP contribution in [-0.4, -0.2) is 56.2 Å². The van der Waals surface area contributed by atoms with Gasteiger partial charge < -0.3 is 24.4 Å². The number of likely N-dealkylation sites (tertiary alicyclic amines) is 1. The summed E-state index contributed by atoms with van der Waals surface area (Å²) >= 11 is 6.38. The van der Waals surface area contributed by atoms with Gasteiger partial charge >= 0.3 is 0 Å². The second kappa shape index (κ2) is 12.3. The van der Waals surface area contributed by atoms with E-state index in [-0.39, 0.29) is 23.7 Å². The highest BCUT2D eigenvalue weighted by atomic mass is 35.5. The predicted molar refractivity (Wildman–Crippen MR) is 146 cm³/mol. The Labute approximate surface area is 229 Å². The summed E-state index contributed by atoms with van der Waals surface area (Å²) in [5.74, 6) is 2.27. The van der Waals surface area contributed by atoms with Gasteiger partial charge in [-0.3, -0.25) is 9.59 Å². The van der Waals surface area contributed by atoms with Crippen LogP contribution in [0.2, 0.25) is 5.02 Å². The Balaban J connectivity index is 1.20. The maximum absolute atomic E-state index is 13.2. The fourth-order valence-electron chi connectivity index (χ4n) is 5.75. The van der Waals surface area contributed by atoms with Gasteiger partial charge in [-0.15, -0.1) is 0 Å². The molecule has 3 aliphatic heterocycles. The SMILES string of the molecule is O=C1CCCOc2ccccc2CCCCC2(CCN(C(=O)Cc3cc(Cl)c4c(c3)OCCO4)CC2)CN1. The topological polar surface area (TPSA) is 77.1 Å². The Morgan fingerprint density at radius 3 is 2.58 bits per heavy atom. The van der Waals surface area contributed by atoms with E-state index in [0.29, 0.717) is 68.8 Å². The van der Waals surface area contributed by atoms with Crippen molar-refractivity contribution in [1.29, 1.82) is 0 Å². The van der Waals surface area contributed by atoms with Gasteiger partial charge in [-0.2, -0.15) is 0 Å². The molecule has 1 saturated heterocycles. The summed E-state index contributed by atoms with van der Waals surface area (Å²) in [5, 5.41) is 3.68. The van der Waals surface area contributed by atoms with E-state index >= 15 is 0 Å². The molecule has 1 fully saturated rings. The first kappa shape index (κ1) is 26.7. The van der Waals surface area contributed by atoms with E-state index in [0.717, 1.165) is 49.8 Å². The largest absolute Gasteiger partial charge is 0.493 e. The number of amides is 2. The first-order valence-electron chi connectivity index (χ1n) is 13.8. The van der Waals surface area contributed by atoms with Gasteiger partial charge in [-0.1, -0.05) is 36.2 Å². The number of piperidine rings is 1. The maximum Gasteiger partial charge on any atom is 0.226 e. The van der Waals surface area contributed by atoms with Crippen molar-refractivity contribution < 1.29 is 23.8 Å². The first-order valence-corrected chi connectivity index (χ1v) is 14.2. The number of nitrogens with one attached hydrogen (secondary N) is 1. The molecule has 5 rings (SSSR count). The molecule has 1 spiro atoms. The number of benzene rings is 2. The number of halogens is 1. The van der Waals surface area contributed by atoms with Gasteiger partial charge in [0.15, 0.2) is 11.5 Å². The number of carbonyl (C=O) groups excluding carboxylic acids is 2. The van der Waals surface area contributed by atoms with Crippen LogP contribution in [0.1, 0.15) is 56.1 Å². The van der Waals surface area contributed by atoms with Crippen LogP contribution in [0, 0.1) is 5.41 Å². The molecule has 0 radical (unpaired) electrons. The summed E-state index contributed by atoms with van der Waals surface area (Å²) in [6.07, 6.45) is 7.39. The molecule has 3 aliphatic rings. The number of carbonyl (C=O) groups is 2. The van der Waals surface area contributed by atoms with Crippen molar-refractivity contribution in [3.8, 4) is 17.2 Å². The smallest absolute Gasteiger partial charge is 0.226 e. The van der Waals surface area contributed by atoms with Crippen molar-refractivity contribution in [3.05, 3.63) is 52.5 Å². The zero-order valence-electron chi connectivity index (χ0n) is 21.9. The Bertz CT molecular complexity index is 1150. The summed E-state index contributed by atoms with van der Waals surface area (Å²) < 4.78 is 17.2. The van der Waals surface area contributed by atoms with E-state index in [1.54, 1.807) is 6.07 Å². The number of ether oxygens (including phenoxy) is 3. The summed E-state index contributed by atoms with van der Waals surface area (Å²) in [6.45, 7) is 3.56. The minimum atomic E-state index is 0.0207. The Kier molecular flexibility index (Phi) is 8.62. The zero-order valence-corrected chi connectivity index (χ0v) is 22.7. The molecule has 0 aromatic heterocycles. The molecular formula is C30H37ClN2O5. The molecule has 2 aromatic carbocycles. The molecule has 0 bridgehead atoms. The van der Waals surface area contributed by atoms with Crippen molar-refractivity contribution in [2.45, 2.75) is 57.8 Å². The molecule has 38 heavy (non-hydrogen) atoms. The molecule has 0 atom stereocenters. The van der Waals surface area contributed by atoms with Crippen LogP contribution in [0.4, 0.5) is 0 Å². The van der Waals surface area contributed by atoms with Gasteiger partial charge in [0.05, 0.1) is 18.1 Å². The number of nitrogens with zero attached hydrogens (tertiary/aromatic N) is 1. The summed E-state index contributed by atoms with van der Waals surface area (Å²) in [7, 11) is 0. The second-order valence-corrected chi connectivity index (χ2v) is 11.1. The van der Waals surface area contributed by atoms with Crippen molar-refractivity contribution in [3.63, 3.8) is 0 Å². The van der Waals surface area contributed by atoms with E-state index in [9.17, 15) is 9.59 Å². The summed E-state index contributed by atoms with van der Waals surface area (Å²) in [5.41, 5.74) is 2.09. The molecule has 2 aromatic rings. The van der Waals surface area contributed by atoms with Gasteiger partial charge in [0, 0.05) is 26.1 Å². The fourth-order valence-corrected chi connectivity index (χ4v) is 6.04. The van der Waals surface area contributed by atoms with E-state index in [1.807, 2.05) is 23.1 Å². The molecule has 204 valence electrons. The number of hydrogen-bond donors (Lipinski definition) is 1. The van der Waals surface area contributed by atoms with Crippen LogP contribution < -0.4 is 19.5 Å². The van der Waals surface area contributed by atoms with E-state index in [1.165, 1.54) is 5.56 Å². The lowest BCUT2D eigenvalue weighted by Crippen LogP contribution is -2.48. The highest BCUT2D eigenvalue weighted by Gasteiger charge is 2.36. The van der Waals surface area contributed by atoms with Crippen molar-refractivity contribution in [1.82, 2.24) is 10.2 Å². The molecular weight excluding hydrogens is 504 g/mol. The number of fused-ring (bicyclic) bond motifs is 2. The third-order valence-electron chi connectivity index (χ3n) is 8.03. The van der Waals surface area contributed by atoms with Gasteiger partial charge in [0.25, 0.3) is 0 Å². The standard InChI is InChI=1S/C30H37ClN2O5/c31-24-18-22(19-26-29(24)38-17-16-37-26)20-28(35)33-13-11-30(12-14-33)10-4-3-7-23-6-1-2-8-25(23)36-15-5-9-27(34)32-21-30/h1-2,6,8,18-19H,3-5,7,9-17,20-21H2,(H,32,34). The van der Waals surface area contributed by atoms with E-state index in [2.05, 4.69) is 17.4 Å². The van der Waals surface area contributed by atoms with Gasteiger partial charge in [-0.05, 0) is 73.3 Å². The van der Waals surface area contributed by atoms with Crippen molar-refractivity contribution in [2.24, 2.45) is 5.41 Å². The van der Waals surface area contributed by atoms with Crippen LogP contribution in [0.5, 0.6) is 17.2 Å². The molecule has 1 N–H and O–H groups in total. The zero-order chi connectivity index (χ0) is 26.4. The number of aryl methyl sites for hydroxylation is 1. The van der Waals surface area contributed by atoms with Gasteiger partial charge in [0.2, 0.25) is 11.8 Å². The van der Waals surface area contributed by atoms with Crippen molar-refractivity contribution >= 4 is 23.4 Å². The molecule has 3 heterocycles. The average molecular weight is 541 g/mol. The Morgan fingerprint density at radius 2 is 1.71 bits per heavy atom. The minimum Gasteiger partial charge on any atom is -0.493 e. The third-order valence-corrected chi connectivity index (χ3v) is 8.31. The lowest BCUT2D eigenvalue weighted by Gasteiger charge is -2.42. The van der Waals surface area contributed by atoms with Crippen LogP contribution in [-0.2, 0) is 22.4 Å². The summed E-state index contributed by atoms with van der Waals surface area (Å²) in [4.78, 5) is 27.7. The number of hydrogen-bond acceptors (Lipinski definition) is 5. The molecule has 0 unspecified atom stereocenters. The average Bonchev–Trinajstić information content (AvgIpc) is 2.93. The predicted octanol–water partition coefficient (Wildman–Crippen LogP) is 4.96. The molecule has 0 saturated carbocycles. The van der Waals surface area contributed by atoms with Crippen LogP contribution >= 0.6 is 11.6 Å². The maximum atomic E-state index is 13.2. The normalized spacial score (nSPS) is 20.0. The molecule has 2 amide bonds. The van der Waals surface area contributed by atoms with Crippen molar-refractivity contribution in [2.75, 3.05) is 39.5 Å². The number of rotatable bonds is 2. The van der Waals surface area contributed by atoms with E-state index < -0.39 is 0 Å². The minimum absolute atomic E-state index is 0.0207. The monoisotopic (exact) mass is 540 g/mol. The van der Waals surface area contributed by atoms with Gasteiger partial charge in [0.1, 0.15) is 19.0 Å². The van der Waals surface area contributed by atoms with Crippen LogP contribution in [0.25, 0.3) is 0 Å². The Morgan fingerprint density at radius 1 is 0.921 bits per heavy atom. The van der Waals surface area contributed by atoms with Gasteiger partial charge in [-0.25, -0.2) is 0 Å². The fraction of sp³-hybridized carbons (Fsp3) is 0.533. The third kappa shape index (κ3) is 6.55. The quantitative estimate of drug-likeness (QED) is 0.582. The highest BCUT2D eigenvalue weighted by molar-refractivity contribution is 6.32. The highest BCUT2D eigenvalue weighted by Crippen LogP contribution is 2.39. The lowest BCUT2D eigenvalue weighted by molar-refractivity contribution is -0.133. The molecule has 7 nitrogen and oxygen atoms in total. The number of para-hydroxylation sites is 1. The van der Waals surface area contributed by atoms with E-state index in [4.69, 9.17) is 25.8 Å². The molecule has 8 heteroatoms. The van der Waals surface area contributed by atoms with Crippen LogP contribution in [0.3, 0.4) is 0 Å². The second-order valence-electron chi connectivity index (χ2n) is 10.7. The van der Waals surface area contributed by atoms with Crippen LogP contribution in [0.15, 0.2) is 36.4 Å². The first-order chi connectivity index (χ1) is 18.5. The summed E-state index contributed by atoms with van der Waals surface area (Å²) in [6, 6.07) is 11.9. The molecule has 0 aliphatic carbocycles. The lowest BCUT2D eigenvalue weighted by atomic mass is 9.74. The Hall–Kier alpha value is -2.93.